The van der Waals surface area contributed by atoms with Crippen molar-refractivity contribution in [1.82, 2.24) is 4.98 Å². The van der Waals surface area contributed by atoms with E-state index in [0.717, 1.165) is 41.2 Å². The van der Waals surface area contributed by atoms with Crippen molar-refractivity contribution in [3.63, 3.8) is 0 Å². The number of thiazole rings is 1. The van der Waals surface area contributed by atoms with Crippen LogP contribution in [0.4, 0.5) is 10.8 Å². The summed E-state index contributed by atoms with van der Waals surface area (Å²) in [6, 6.07) is 7.94. The number of hydrogen-bond acceptors (Lipinski definition) is 5. The van der Waals surface area contributed by atoms with Crippen LogP contribution >= 0.6 is 22.9 Å². The van der Waals surface area contributed by atoms with Crippen LogP contribution < -0.4 is 9.80 Å². The molecule has 0 spiro atoms. The third-order valence-corrected chi connectivity index (χ3v) is 4.99. The maximum Gasteiger partial charge on any atom is 0.186 e. The highest BCUT2D eigenvalue weighted by molar-refractivity contribution is 7.17. The molecular weight excluding hydrogens is 306 g/mol. The summed E-state index contributed by atoms with van der Waals surface area (Å²) in [5.41, 5.74) is 1.20. The van der Waals surface area contributed by atoms with Gasteiger partial charge in [0.2, 0.25) is 0 Å². The summed E-state index contributed by atoms with van der Waals surface area (Å²) in [5.74, 6) is 0.0820. The molecule has 4 nitrogen and oxygen atoms in total. The number of rotatable bonds is 3. The number of halogens is 1. The maximum atomic E-state index is 11.3. The van der Waals surface area contributed by atoms with Gasteiger partial charge in [0.25, 0.3) is 0 Å². The van der Waals surface area contributed by atoms with Crippen LogP contribution in [0.15, 0.2) is 30.5 Å². The molecule has 0 unspecified atom stereocenters. The minimum Gasteiger partial charge on any atom is -0.368 e. The number of Topliss-reactive ketones (excluding diaryl/α,β-unsaturated/α-hetero) is 1. The van der Waals surface area contributed by atoms with Crippen LogP contribution in [-0.2, 0) is 0 Å². The van der Waals surface area contributed by atoms with E-state index in [1.54, 1.807) is 13.1 Å². The van der Waals surface area contributed by atoms with E-state index in [1.165, 1.54) is 17.0 Å². The molecule has 0 aliphatic carbocycles. The number of aromatic nitrogens is 1. The van der Waals surface area contributed by atoms with Gasteiger partial charge in [-0.2, -0.15) is 0 Å². The van der Waals surface area contributed by atoms with E-state index in [9.17, 15) is 4.79 Å². The van der Waals surface area contributed by atoms with Gasteiger partial charge in [-0.25, -0.2) is 4.98 Å². The average molecular weight is 322 g/mol. The average Bonchev–Trinajstić information content (AvgIpc) is 2.98. The highest BCUT2D eigenvalue weighted by Gasteiger charge is 2.20. The predicted octanol–water partition coefficient (Wildman–Crippen LogP) is 3.33. The van der Waals surface area contributed by atoms with Crippen LogP contribution in [0.3, 0.4) is 0 Å². The number of ketones is 1. The summed E-state index contributed by atoms with van der Waals surface area (Å²) in [6.45, 7) is 5.28. The first kappa shape index (κ1) is 14.4. The third kappa shape index (κ3) is 3.19. The number of carbonyl (C=O) groups excluding carboxylic acids is 1. The molecule has 0 atom stereocenters. The molecule has 1 aliphatic rings. The second-order valence-corrected chi connectivity index (χ2v) is 6.46. The highest BCUT2D eigenvalue weighted by atomic mass is 35.5. The zero-order valence-corrected chi connectivity index (χ0v) is 13.3. The van der Waals surface area contributed by atoms with Crippen LogP contribution in [0.5, 0.6) is 0 Å². The quantitative estimate of drug-likeness (QED) is 0.813. The minimum atomic E-state index is 0.0820. The van der Waals surface area contributed by atoms with Crippen molar-refractivity contribution in [3.05, 3.63) is 40.4 Å². The summed E-state index contributed by atoms with van der Waals surface area (Å²) in [7, 11) is 0. The van der Waals surface area contributed by atoms with Crippen LogP contribution in [0, 0.1) is 0 Å². The Morgan fingerprint density at radius 1 is 1.14 bits per heavy atom. The van der Waals surface area contributed by atoms with E-state index in [0.29, 0.717) is 0 Å². The van der Waals surface area contributed by atoms with E-state index in [4.69, 9.17) is 11.6 Å². The van der Waals surface area contributed by atoms with Crippen LogP contribution in [-0.4, -0.2) is 36.9 Å². The number of piperazine rings is 1. The summed E-state index contributed by atoms with van der Waals surface area (Å²) >= 11 is 7.40. The van der Waals surface area contributed by atoms with Gasteiger partial charge in [-0.05, 0) is 24.3 Å². The van der Waals surface area contributed by atoms with Gasteiger partial charge in [0.1, 0.15) is 0 Å². The van der Waals surface area contributed by atoms with Gasteiger partial charge in [0, 0.05) is 43.8 Å². The Bertz CT molecular complexity index is 633. The molecule has 1 fully saturated rings. The Hall–Kier alpha value is -1.59. The van der Waals surface area contributed by atoms with Crippen LogP contribution in [0.2, 0.25) is 5.02 Å². The molecule has 1 aliphatic heterocycles. The minimum absolute atomic E-state index is 0.0820. The van der Waals surface area contributed by atoms with E-state index in [2.05, 4.69) is 26.9 Å². The summed E-state index contributed by atoms with van der Waals surface area (Å²) in [6.07, 6.45) is 1.67. The smallest absolute Gasteiger partial charge is 0.186 e. The van der Waals surface area contributed by atoms with Gasteiger partial charge >= 0.3 is 0 Å². The zero-order chi connectivity index (χ0) is 14.8. The number of benzene rings is 1. The molecule has 0 saturated carbocycles. The molecule has 1 aromatic carbocycles. The van der Waals surface area contributed by atoms with Gasteiger partial charge in [-0.15, -0.1) is 0 Å². The Balaban J connectivity index is 1.64. The fraction of sp³-hybridized carbons (Fsp3) is 0.333. The first-order chi connectivity index (χ1) is 10.1. The molecule has 1 saturated heterocycles. The largest absolute Gasteiger partial charge is 0.368 e. The SMILES string of the molecule is CC(=O)c1cnc(N2CCN(c3ccc(Cl)cc3)CC2)s1. The number of anilines is 2. The lowest BCUT2D eigenvalue weighted by Crippen LogP contribution is -2.46. The molecule has 0 radical (unpaired) electrons. The van der Waals surface area contributed by atoms with Gasteiger partial charge in [0.15, 0.2) is 10.9 Å². The molecule has 6 heteroatoms. The molecule has 3 rings (SSSR count). The Kier molecular flexibility index (Phi) is 4.12. The van der Waals surface area contributed by atoms with Crippen molar-refractivity contribution in [1.29, 1.82) is 0 Å². The highest BCUT2D eigenvalue weighted by Crippen LogP contribution is 2.25. The van der Waals surface area contributed by atoms with Crippen molar-refractivity contribution in [2.24, 2.45) is 0 Å². The third-order valence-electron chi connectivity index (χ3n) is 3.58. The molecule has 21 heavy (non-hydrogen) atoms. The van der Waals surface area contributed by atoms with E-state index >= 15 is 0 Å². The van der Waals surface area contributed by atoms with Gasteiger partial charge in [0.05, 0.1) is 11.1 Å². The maximum absolute atomic E-state index is 11.3. The molecule has 0 bridgehead atoms. The van der Waals surface area contributed by atoms with Crippen LogP contribution in [0.25, 0.3) is 0 Å². The lowest BCUT2D eigenvalue weighted by atomic mass is 10.2. The molecule has 2 aromatic rings. The topological polar surface area (TPSA) is 36.4 Å². The molecular formula is C15H16ClN3OS. The van der Waals surface area contributed by atoms with E-state index in [1.807, 2.05) is 12.1 Å². The Morgan fingerprint density at radius 3 is 2.33 bits per heavy atom. The van der Waals surface area contributed by atoms with Gasteiger partial charge in [-0.3, -0.25) is 4.79 Å². The monoisotopic (exact) mass is 321 g/mol. The molecule has 0 amide bonds. The second kappa shape index (κ2) is 6.03. The first-order valence-corrected chi connectivity index (χ1v) is 8.05. The summed E-state index contributed by atoms with van der Waals surface area (Å²) in [4.78, 5) is 21.0. The van der Waals surface area contributed by atoms with Gasteiger partial charge in [-0.1, -0.05) is 22.9 Å². The van der Waals surface area contributed by atoms with Crippen molar-refractivity contribution in [2.75, 3.05) is 36.0 Å². The van der Waals surface area contributed by atoms with Crippen molar-refractivity contribution in [2.45, 2.75) is 6.92 Å². The summed E-state index contributed by atoms with van der Waals surface area (Å²) < 4.78 is 0. The first-order valence-electron chi connectivity index (χ1n) is 6.86. The number of hydrogen-bond donors (Lipinski definition) is 0. The fourth-order valence-corrected chi connectivity index (χ4v) is 3.37. The van der Waals surface area contributed by atoms with E-state index < -0.39 is 0 Å². The molecule has 1 aromatic heterocycles. The van der Waals surface area contributed by atoms with E-state index in [-0.39, 0.29) is 5.78 Å². The number of nitrogens with zero attached hydrogens (tertiary/aromatic N) is 3. The zero-order valence-electron chi connectivity index (χ0n) is 11.8. The normalized spacial score (nSPS) is 15.3. The van der Waals surface area contributed by atoms with Crippen LogP contribution in [0.1, 0.15) is 16.6 Å². The molecule has 2 heterocycles. The fourth-order valence-electron chi connectivity index (χ4n) is 2.38. The van der Waals surface area contributed by atoms with Crippen molar-refractivity contribution >= 4 is 39.5 Å². The van der Waals surface area contributed by atoms with Crippen molar-refractivity contribution < 1.29 is 4.79 Å². The lowest BCUT2D eigenvalue weighted by molar-refractivity contribution is 0.102. The van der Waals surface area contributed by atoms with Crippen molar-refractivity contribution in [3.8, 4) is 0 Å². The number of carbonyl (C=O) groups is 1. The molecule has 0 N–H and O–H groups in total. The second-order valence-electron chi connectivity index (χ2n) is 5.01. The van der Waals surface area contributed by atoms with Gasteiger partial charge < -0.3 is 9.80 Å². The standard InChI is InChI=1S/C15H16ClN3OS/c1-11(20)14-10-17-15(21-14)19-8-6-18(7-9-19)13-4-2-12(16)3-5-13/h2-5,10H,6-9H2,1H3. The Morgan fingerprint density at radius 2 is 1.76 bits per heavy atom. The Labute approximate surface area is 133 Å². The lowest BCUT2D eigenvalue weighted by Gasteiger charge is -2.36. The summed E-state index contributed by atoms with van der Waals surface area (Å²) in [5, 5.41) is 1.70. The molecule has 110 valence electrons. The predicted molar refractivity (Wildman–Crippen MR) is 88.0 cm³/mol.